The molecule has 0 saturated carbocycles. The van der Waals surface area contributed by atoms with Gasteiger partial charge in [0.15, 0.2) is 0 Å². The van der Waals surface area contributed by atoms with Gasteiger partial charge in [0.2, 0.25) is 0 Å². The minimum absolute atomic E-state index is 0. The number of benzene rings is 2. The Bertz CT molecular complexity index is 808. The van der Waals surface area contributed by atoms with Crippen LogP contribution in [0.4, 0.5) is 0 Å². The van der Waals surface area contributed by atoms with Crippen LogP contribution in [0.5, 0.6) is 11.5 Å². The molecular formula is C26H40Ac12O9. The van der Waals surface area contributed by atoms with Crippen LogP contribution in [0.3, 0.4) is 0 Å². The Morgan fingerprint density at radius 3 is 0.979 bits per heavy atom. The summed E-state index contributed by atoms with van der Waals surface area (Å²) in [6.07, 6.45) is 0. The summed E-state index contributed by atoms with van der Waals surface area (Å²) in [5.41, 5.74) is 1.10. The zero-order valence-corrected chi connectivity index (χ0v) is 84.5. The Hall–Kier alpha value is 15.1. The van der Waals surface area contributed by atoms with Gasteiger partial charge in [-0.2, -0.15) is 0 Å². The number of rotatable bonds is 15. The van der Waals surface area contributed by atoms with Gasteiger partial charge in [-0.3, -0.25) is 0 Å². The molecule has 6 N–H and O–H groups in total. The van der Waals surface area contributed by atoms with Crippen molar-refractivity contribution in [3.8, 4) is 11.5 Å². The SMILES string of the molecule is CC(C)(c1ccc(OCCO)cc1)c1ccc(OCCOCCO)cc1.OCC(CO)(CO)CO.[Ac].[Ac].[Ac].[Ac].[Ac].[Ac].[Ac].[Ac].[Ac].[Ac].[Ac].[Ac]. The molecule has 0 aliphatic heterocycles. The Balaban J connectivity index is -0.0000000524. The van der Waals surface area contributed by atoms with Crippen LogP contribution in [0.15, 0.2) is 48.5 Å². The third kappa shape index (κ3) is 43.4. The van der Waals surface area contributed by atoms with Crippen LogP contribution in [-0.4, -0.2) is 96.7 Å². The normalized spacial score (nSPS) is 8.60. The maximum Gasteiger partial charge on any atom is 0.119 e. The summed E-state index contributed by atoms with van der Waals surface area (Å²) < 4.78 is 16.2. The van der Waals surface area contributed by atoms with Gasteiger partial charge in [-0.1, -0.05) is 38.1 Å². The Morgan fingerprint density at radius 1 is 0.426 bits per heavy atom. The van der Waals surface area contributed by atoms with Crippen LogP contribution in [0.1, 0.15) is 25.0 Å². The van der Waals surface area contributed by atoms with Crippen LogP contribution in [-0.2, 0) is 10.2 Å². The van der Waals surface area contributed by atoms with Crippen molar-refractivity contribution in [3.63, 3.8) is 0 Å². The second kappa shape index (κ2) is 61.1. The van der Waals surface area contributed by atoms with Crippen molar-refractivity contribution in [3.05, 3.63) is 59.7 Å². The van der Waals surface area contributed by atoms with E-state index in [9.17, 15) is 0 Å². The van der Waals surface area contributed by atoms with Gasteiger partial charge in [-0.15, -0.1) is 0 Å². The first kappa shape index (κ1) is 92.3. The molecule has 12 radical (unpaired) electrons. The third-order valence-electron chi connectivity index (χ3n) is 5.59. The molecule has 0 aromatic heterocycles. The molecule has 0 aliphatic carbocycles. The minimum Gasteiger partial charge on any atom is -0.491 e. The van der Waals surface area contributed by atoms with Gasteiger partial charge in [0, 0.05) is 534 Å². The summed E-state index contributed by atoms with van der Waals surface area (Å²) in [5, 5.41) is 51.5. The van der Waals surface area contributed by atoms with Gasteiger partial charge >= 0.3 is 0 Å². The molecule has 2 rings (SSSR count). The van der Waals surface area contributed by atoms with Crippen molar-refractivity contribution >= 4 is 0 Å². The van der Waals surface area contributed by atoms with Gasteiger partial charge in [0.1, 0.15) is 24.7 Å². The number of ether oxygens (including phenoxy) is 3. The first-order chi connectivity index (χ1) is 16.8. The van der Waals surface area contributed by atoms with Gasteiger partial charge < -0.3 is 44.8 Å². The maximum absolute atomic E-state index is 8.82. The fraction of sp³-hybridized carbons (Fsp3) is 0.538. The summed E-state index contributed by atoms with van der Waals surface area (Å²) in [6, 6.07) is 16.0. The van der Waals surface area contributed by atoms with E-state index in [0.717, 1.165) is 11.5 Å². The topological polar surface area (TPSA) is 149 Å². The molecule has 9 nitrogen and oxygen atoms in total. The van der Waals surface area contributed by atoms with E-state index in [1.807, 2.05) is 24.3 Å². The van der Waals surface area contributed by atoms with E-state index in [1.165, 1.54) is 11.1 Å². The maximum atomic E-state index is 8.82. The molecule has 0 unspecified atom stereocenters. The van der Waals surface area contributed by atoms with E-state index in [-0.39, 0.29) is 547 Å². The summed E-state index contributed by atoms with van der Waals surface area (Å²) in [5.74, 6) is 1.55. The largest absolute Gasteiger partial charge is 0.491 e. The molecule has 0 atom stereocenters. The average Bonchev–Trinajstić information content (AvgIpc) is 2.90. The molecule has 0 bridgehead atoms. The molecule has 0 heterocycles. The molecule has 2 aromatic rings. The Kier molecular flexibility index (Phi) is 120. The van der Waals surface area contributed by atoms with E-state index in [1.54, 1.807) is 0 Å². The van der Waals surface area contributed by atoms with E-state index in [2.05, 4.69) is 38.1 Å². The molecule has 0 aliphatic rings. The zero-order chi connectivity index (χ0) is 26.2. The number of hydrogen-bond acceptors (Lipinski definition) is 9. The molecule has 0 amide bonds. The summed E-state index contributed by atoms with van der Waals surface area (Å²) >= 11 is 0. The van der Waals surface area contributed by atoms with E-state index < -0.39 is 31.8 Å². The first-order valence-corrected chi connectivity index (χ1v) is 11.5. The van der Waals surface area contributed by atoms with Gasteiger partial charge in [-0.25, -0.2) is 0 Å². The molecule has 2 aromatic carbocycles. The van der Waals surface area contributed by atoms with E-state index in [4.69, 9.17) is 44.8 Å². The standard InChI is InChI=1S/C21H28O5.C5H12O4.12Ac/c1-21(2,17-3-7-19(8-4-17)25-14-12-23)18-5-9-20(10-6-18)26-16-15-24-13-11-22;6-1-5(2-7,3-8)4-9;;;;;;;;;;;;/h3-10,22-23H,11-16H2,1-2H3;6-9H,1-4H2;;;;;;;;;;;;. The second-order valence-electron chi connectivity index (χ2n) is 8.56. The third-order valence-corrected chi connectivity index (χ3v) is 5.59. The summed E-state index contributed by atoms with van der Waals surface area (Å²) in [4.78, 5) is 0. The zero-order valence-electron chi connectivity index (χ0n) is 27.5. The average molecular weight is 3220 g/mol. The van der Waals surface area contributed by atoms with Gasteiger partial charge in [0.25, 0.3) is 0 Å². The van der Waals surface area contributed by atoms with Gasteiger partial charge in [0.05, 0.1) is 58.3 Å². The van der Waals surface area contributed by atoms with Crippen molar-refractivity contribution in [1.82, 2.24) is 0 Å². The second-order valence-corrected chi connectivity index (χ2v) is 8.56. The van der Waals surface area contributed by atoms with Crippen LogP contribution < -0.4 is 9.47 Å². The Morgan fingerprint density at radius 2 is 0.723 bits per heavy atom. The molecular weight excluding hydrogens is 3180 g/mol. The van der Waals surface area contributed by atoms with Crippen LogP contribution in [0, 0.1) is 534 Å². The summed E-state index contributed by atoms with van der Waals surface area (Å²) in [6.45, 7) is 4.31. The number of aliphatic hydroxyl groups excluding tert-OH is 6. The predicted molar refractivity (Wildman–Crippen MR) is 132 cm³/mol. The van der Waals surface area contributed by atoms with E-state index in [0.29, 0.717) is 26.4 Å². The van der Waals surface area contributed by atoms with Crippen LogP contribution >= 0.6 is 0 Å². The van der Waals surface area contributed by atoms with Crippen molar-refractivity contribution < 1.29 is 574 Å². The molecule has 0 spiro atoms. The smallest absolute Gasteiger partial charge is 0.119 e. The molecule has 47 heavy (non-hydrogen) atoms. The molecule has 0 fully saturated rings. The fourth-order valence-electron chi connectivity index (χ4n) is 2.95. The van der Waals surface area contributed by atoms with Crippen LogP contribution in [0.2, 0.25) is 0 Å². The molecule has 234 valence electrons. The summed E-state index contributed by atoms with van der Waals surface area (Å²) in [7, 11) is 0. The number of aliphatic hydroxyl groups is 6. The van der Waals surface area contributed by atoms with Crippen molar-refractivity contribution in [2.24, 2.45) is 5.41 Å². The minimum atomic E-state index is -1.11. The first-order valence-electron chi connectivity index (χ1n) is 11.5. The van der Waals surface area contributed by atoms with Gasteiger partial charge in [-0.05, 0) is 35.4 Å². The Labute approximate surface area is 711 Å². The van der Waals surface area contributed by atoms with Crippen molar-refractivity contribution in [2.75, 3.05) is 66.1 Å². The molecule has 21 heteroatoms. The van der Waals surface area contributed by atoms with Crippen molar-refractivity contribution in [2.45, 2.75) is 19.3 Å². The molecule has 0 saturated heterocycles. The van der Waals surface area contributed by atoms with Crippen LogP contribution in [0.25, 0.3) is 0 Å². The van der Waals surface area contributed by atoms with E-state index >= 15 is 0 Å². The monoisotopic (exact) mass is 3220 g/mol. The van der Waals surface area contributed by atoms with Crippen molar-refractivity contribution in [1.29, 1.82) is 0 Å². The number of hydrogen-bond donors (Lipinski definition) is 6. The quantitative estimate of drug-likeness (QED) is 0.142. The predicted octanol–water partition coefficient (Wildman–Crippen LogP) is 0.713. The fourth-order valence-corrected chi connectivity index (χ4v) is 2.95.